The number of carbonyl (C=O) groups excluding carboxylic acids is 2. The number of nitrogens with one attached hydrogen (secondary N) is 1. The molecule has 0 bridgehead atoms. The molecule has 2 aromatic carbocycles. The predicted octanol–water partition coefficient (Wildman–Crippen LogP) is 2.68. The number of hydrazone groups is 1. The van der Waals surface area contributed by atoms with Crippen molar-refractivity contribution >= 4 is 29.7 Å². The maximum absolute atomic E-state index is 12.4. The smallest absolute Gasteiger partial charge is 0.343 e. The molecule has 0 radical (unpaired) electrons. The largest absolute Gasteiger partial charge is 0.497 e. The summed E-state index contributed by atoms with van der Waals surface area (Å²) in [7, 11) is 5.64. The first-order valence-electron chi connectivity index (χ1n) is 8.56. The quantitative estimate of drug-likeness (QED) is 0.366. The third kappa shape index (κ3) is 5.77. The van der Waals surface area contributed by atoms with Crippen molar-refractivity contribution in [1.29, 1.82) is 0 Å². The molecule has 0 aliphatic heterocycles. The van der Waals surface area contributed by atoms with Gasteiger partial charge in [-0.15, -0.1) is 0 Å². The highest BCUT2D eigenvalue weighted by atomic mass is 35.5. The molecular formula is C20H21ClN2O7. The molecule has 0 fully saturated rings. The molecule has 160 valence electrons. The molecule has 1 amide bonds. The van der Waals surface area contributed by atoms with E-state index in [0.29, 0.717) is 17.1 Å². The fourth-order valence-corrected chi connectivity index (χ4v) is 2.63. The number of hydrogen-bond acceptors (Lipinski definition) is 8. The van der Waals surface area contributed by atoms with Crippen LogP contribution in [0.4, 0.5) is 0 Å². The van der Waals surface area contributed by atoms with Crippen molar-refractivity contribution in [2.45, 2.75) is 0 Å². The van der Waals surface area contributed by atoms with E-state index in [-0.39, 0.29) is 28.7 Å². The first-order chi connectivity index (χ1) is 14.4. The summed E-state index contributed by atoms with van der Waals surface area (Å²) < 4.78 is 25.4. The zero-order chi connectivity index (χ0) is 22.1. The second-order valence-electron chi connectivity index (χ2n) is 5.66. The van der Waals surface area contributed by atoms with E-state index >= 15 is 0 Å². The van der Waals surface area contributed by atoms with Crippen LogP contribution in [0.3, 0.4) is 0 Å². The Morgan fingerprint density at radius 3 is 2.40 bits per heavy atom. The van der Waals surface area contributed by atoms with Gasteiger partial charge in [0.2, 0.25) is 0 Å². The lowest BCUT2D eigenvalue weighted by Crippen LogP contribution is -2.18. The van der Waals surface area contributed by atoms with Gasteiger partial charge in [0, 0.05) is 6.07 Å². The molecule has 9 nitrogen and oxygen atoms in total. The van der Waals surface area contributed by atoms with Crippen molar-refractivity contribution in [2.75, 3.05) is 35.0 Å². The predicted molar refractivity (Wildman–Crippen MR) is 110 cm³/mol. The number of benzene rings is 2. The Bertz CT molecular complexity index is 947. The van der Waals surface area contributed by atoms with Crippen molar-refractivity contribution in [3.05, 3.63) is 46.5 Å². The number of halogens is 1. The Morgan fingerprint density at radius 1 is 1.03 bits per heavy atom. The lowest BCUT2D eigenvalue weighted by atomic mass is 10.2. The third-order valence-electron chi connectivity index (χ3n) is 3.85. The van der Waals surface area contributed by atoms with Crippen LogP contribution in [-0.2, 0) is 9.53 Å². The van der Waals surface area contributed by atoms with Gasteiger partial charge in [-0.05, 0) is 29.8 Å². The summed E-state index contributed by atoms with van der Waals surface area (Å²) >= 11 is 6.21. The topological polar surface area (TPSA) is 105 Å². The second kappa shape index (κ2) is 10.9. The lowest BCUT2D eigenvalue weighted by Gasteiger charge is -2.12. The molecule has 1 N–H and O–H groups in total. The summed E-state index contributed by atoms with van der Waals surface area (Å²) in [4.78, 5) is 23.6. The highest BCUT2D eigenvalue weighted by Gasteiger charge is 2.15. The van der Waals surface area contributed by atoms with Crippen LogP contribution in [0.1, 0.15) is 15.9 Å². The van der Waals surface area contributed by atoms with Crippen LogP contribution >= 0.6 is 11.6 Å². The SMILES string of the molecule is COC(=O)COc1c(Cl)cc(C=NNC(=O)c2ccc(OC)cc2OC)cc1OC. The van der Waals surface area contributed by atoms with E-state index < -0.39 is 11.9 Å². The van der Waals surface area contributed by atoms with Crippen molar-refractivity contribution in [3.8, 4) is 23.0 Å². The highest BCUT2D eigenvalue weighted by Crippen LogP contribution is 2.36. The second-order valence-corrected chi connectivity index (χ2v) is 6.07. The minimum atomic E-state index is -0.560. The number of ether oxygens (including phenoxy) is 5. The number of carbonyl (C=O) groups is 2. The fraction of sp³-hybridized carbons (Fsp3) is 0.250. The molecular weight excluding hydrogens is 416 g/mol. The van der Waals surface area contributed by atoms with Gasteiger partial charge in [0.05, 0.1) is 45.2 Å². The monoisotopic (exact) mass is 436 g/mol. The van der Waals surface area contributed by atoms with Gasteiger partial charge in [-0.3, -0.25) is 4.79 Å². The van der Waals surface area contributed by atoms with Crippen LogP contribution in [0.5, 0.6) is 23.0 Å². The number of nitrogens with zero attached hydrogens (tertiary/aromatic N) is 1. The van der Waals surface area contributed by atoms with Crippen molar-refractivity contribution in [1.82, 2.24) is 5.43 Å². The molecule has 0 saturated carbocycles. The number of rotatable bonds is 9. The molecule has 0 aliphatic rings. The van der Waals surface area contributed by atoms with Crippen molar-refractivity contribution in [3.63, 3.8) is 0 Å². The molecule has 10 heteroatoms. The van der Waals surface area contributed by atoms with Crippen molar-refractivity contribution in [2.24, 2.45) is 5.10 Å². The summed E-state index contributed by atoms with van der Waals surface area (Å²) in [6.45, 7) is -0.320. The molecule has 2 aromatic rings. The van der Waals surface area contributed by atoms with Crippen LogP contribution in [0.25, 0.3) is 0 Å². The zero-order valence-corrected chi connectivity index (χ0v) is 17.6. The van der Waals surface area contributed by atoms with Gasteiger partial charge < -0.3 is 23.7 Å². The van der Waals surface area contributed by atoms with Crippen molar-refractivity contribution < 1.29 is 33.3 Å². The average Bonchev–Trinajstić information content (AvgIpc) is 2.76. The first kappa shape index (κ1) is 22.8. The van der Waals surface area contributed by atoms with Gasteiger partial charge in [-0.25, -0.2) is 10.2 Å². The Morgan fingerprint density at radius 2 is 1.77 bits per heavy atom. The average molecular weight is 437 g/mol. The summed E-state index contributed by atoms with van der Waals surface area (Å²) in [5, 5.41) is 4.13. The molecule has 0 atom stereocenters. The van der Waals surface area contributed by atoms with Gasteiger partial charge in [0.25, 0.3) is 5.91 Å². The first-order valence-corrected chi connectivity index (χ1v) is 8.93. The minimum absolute atomic E-state index is 0.189. The van der Waals surface area contributed by atoms with Crippen LogP contribution in [0.2, 0.25) is 5.02 Å². The van der Waals surface area contributed by atoms with E-state index in [0.717, 1.165) is 0 Å². The number of amides is 1. The molecule has 0 aromatic heterocycles. The summed E-state index contributed by atoms with van der Waals surface area (Å²) in [5.74, 6) is 0.351. The molecule has 0 spiro atoms. The fourth-order valence-electron chi connectivity index (χ4n) is 2.36. The Balaban J connectivity index is 2.13. The minimum Gasteiger partial charge on any atom is -0.497 e. The Labute approximate surface area is 178 Å². The molecule has 30 heavy (non-hydrogen) atoms. The van der Waals surface area contributed by atoms with Gasteiger partial charge >= 0.3 is 5.97 Å². The lowest BCUT2D eigenvalue weighted by molar-refractivity contribution is -0.142. The maximum Gasteiger partial charge on any atom is 0.343 e. The Hall–Kier alpha value is -3.46. The maximum atomic E-state index is 12.4. The van der Waals surface area contributed by atoms with Gasteiger partial charge in [-0.1, -0.05) is 11.6 Å². The van der Waals surface area contributed by atoms with E-state index in [2.05, 4.69) is 15.3 Å². The van der Waals surface area contributed by atoms with Crippen LogP contribution < -0.4 is 24.4 Å². The van der Waals surface area contributed by atoms with E-state index in [1.165, 1.54) is 34.7 Å². The third-order valence-corrected chi connectivity index (χ3v) is 4.13. The van der Waals surface area contributed by atoms with Gasteiger partial charge in [0.15, 0.2) is 18.1 Å². The normalized spacial score (nSPS) is 10.4. The van der Waals surface area contributed by atoms with Gasteiger partial charge in [0.1, 0.15) is 11.5 Å². The summed E-state index contributed by atoms with van der Waals surface area (Å²) in [6, 6.07) is 7.92. The van der Waals surface area contributed by atoms with Crippen LogP contribution in [-0.4, -0.2) is 53.1 Å². The molecule has 0 unspecified atom stereocenters. The number of methoxy groups -OCH3 is 4. The summed E-state index contributed by atoms with van der Waals surface area (Å²) in [6.07, 6.45) is 1.38. The zero-order valence-electron chi connectivity index (χ0n) is 16.9. The van der Waals surface area contributed by atoms with E-state index in [4.69, 9.17) is 30.5 Å². The summed E-state index contributed by atoms with van der Waals surface area (Å²) in [5.41, 5.74) is 3.23. The van der Waals surface area contributed by atoms with E-state index in [1.807, 2.05) is 0 Å². The highest BCUT2D eigenvalue weighted by molar-refractivity contribution is 6.32. The molecule has 0 heterocycles. The van der Waals surface area contributed by atoms with E-state index in [1.54, 1.807) is 30.3 Å². The van der Waals surface area contributed by atoms with Crippen LogP contribution in [0.15, 0.2) is 35.4 Å². The standard InChI is InChI=1S/C20H21ClN2O7/c1-26-13-5-6-14(16(9-13)27-2)20(25)23-22-10-12-7-15(21)19(17(8-12)28-3)30-11-18(24)29-4/h5-10H,11H2,1-4H3,(H,23,25). The van der Waals surface area contributed by atoms with E-state index in [9.17, 15) is 9.59 Å². The molecule has 2 rings (SSSR count). The number of hydrogen-bond donors (Lipinski definition) is 1. The number of esters is 1. The van der Waals surface area contributed by atoms with Crippen LogP contribution in [0, 0.1) is 0 Å². The molecule has 0 aliphatic carbocycles. The Kier molecular flexibility index (Phi) is 8.30. The van der Waals surface area contributed by atoms with Gasteiger partial charge in [-0.2, -0.15) is 5.10 Å². The molecule has 0 saturated heterocycles.